The molecule has 1 amide bonds. The first-order chi connectivity index (χ1) is 8.08. The third-order valence-electron chi connectivity index (χ3n) is 3.56. The quantitative estimate of drug-likeness (QED) is 0.802. The summed E-state index contributed by atoms with van der Waals surface area (Å²) in [4.78, 5) is 14.2. The second kappa shape index (κ2) is 4.88. The molecule has 1 aromatic carbocycles. The zero-order valence-electron chi connectivity index (χ0n) is 10.5. The molecule has 0 aliphatic carbocycles. The Balaban J connectivity index is 2.08. The van der Waals surface area contributed by atoms with Gasteiger partial charge in [-0.2, -0.15) is 0 Å². The molecule has 17 heavy (non-hydrogen) atoms. The Morgan fingerprint density at radius 3 is 2.59 bits per heavy atom. The standard InChI is InChI=1S/C14H20N2O/c1-10-3-5-12(6-4-10)14(17)16-8-7-13(15)11(2)9-16/h3-6,11,13H,7-9,15H2,1-2H3. The monoisotopic (exact) mass is 232 g/mol. The molecule has 3 nitrogen and oxygen atoms in total. The molecule has 2 N–H and O–H groups in total. The van der Waals surface area contributed by atoms with Crippen molar-refractivity contribution in [1.29, 1.82) is 0 Å². The smallest absolute Gasteiger partial charge is 0.253 e. The SMILES string of the molecule is Cc1ccc(C(=O)N2CCC(N)C(C)C2)cc1. The molecule has 0 aromatic heterocycles. The van der Waals surface area contributed by atoms with Crippen molar-refractivity contribution in [3.05, 3.63) is 35.4 Å². The predicted octanol–water partition coefficient (Wildman–Crippen LogP) is 1.80. The van der Waals surface area contributed by atoms with E-state index in [1.165, 1.54) is 5.56 Å². The second-order valence-corrected chi connectivity index (χ2v) is 5.05. The normalized spacial score (nSPS) is 24.8. The number of amides is 1. The van der Waals surface area contributed by atoms with E-state index in [4.69, 9.17) is 5.73 Å². The highest BCUT2D eigenvalue weighted by molar-refractivity contribution is 5.94. The van der Waals surface area contributed by atoms with Crippen LogP contribution < -0.4 is 5.73 Å². The van der Waals surface area contributed by atoms with E-state index in [0.29, 0.717) is 5.92 Å². The van der Waals surface area contributed by atoms with Crippen molar-refractivity contribution in [3.8, 4) is 0 Å². The molecule has 1 heterocycles. The lowest BCUT2D eigenvalue weighted by molar-refractivity contribution is 0.0664. The van der Waals surface area contributed by atoms with Crippen molar-refractivity contribution in [2.75, 3.05) is 13.1 Å². The summed E-state index contributed by atoms with van der Waals surface area (Å²) in [5.41, 5.74) is 7.91. The summed E-state index contributed by atoms with van der Waals surface area (Å²) in [5, 5.41) is 0. The van der Waals surface area contributed by atoms with Crippen LogP contribution in [-0.4, -0.2) is 29.9 Å². The van der Waals surface area contributed by atoms with Crippen LogP contribution in [-0.2, 0) is 0 Å². The van der Waals surface area contributed by atoms with Crippen LogP contribution in [0.25, 0.3) is 0 Å². The van der Waals surface area contributed by atoms with Crippen LogP contribution in [0.5, 0.6) is 0 Å². The van der Waals surface area contributed by atoms with Crippen molar-refractivity contribution < 1.29 is 4.79 Å². The number of hydrogen-bond donors (Lipinski definition) is 1. The first kappa shape index (κ1) is 12.1. The fourth-order valence-corrected chi connectivity index (χ4v) is 2.23. The molecule has 1 aliphatic rings. The van der Waals surface area contributed by atoms with Gasteiger partial charge in [0.1, 0.15) is 0 Å². The number of aryl methyl sites for hydroxylation is 1. The van der Waals surface area contributed by atoms with Gasteiger partial charge >= 0.3 is 0 Å². The van der Waals surface area contributed by atoms with E-state index < -0.39 is 0 Å². The van der Waals surface area contributed by atoms with Gasteiger partial charge in [-0.25, -0.2) is 0 Å². The summed E-state index contributed by atoms with van der Waals surface area (Å²) in [7, 11) is 0. The highest BCUT2D eigenvalue weighted by Crippen LogP contribution is 2.17. The van der Waals surface area contributed by atoms with Gasteiger partial charge in [0.15, 0.2) is 0 Å². The number of benzene rings is 1. The molecule has 0 saturated carbocycles. The molecule has 92 valence electrons. The van der Waals surface area contributed by atoms with E-state index in [2.05, 4.69) is 6.92 Å². The van der Waals surface area contributed by atoms with Crippen LogP contribution in [0.2, 0.25) is 0 Å². The van der Waals surface area contributed by atoms with Gasteiger partial charge in [-0.1, -0.05) is 24.6 Å². The number of hydrogen-bond acceptors (Lipinski definition) is 2. The number of nitrogens with zero attached hydrogens (tertiary/aromatic N) is 1. The minimum absolute atomic E-state index is 0.128. The van der Waals surface area contributed by atoms with Gasteiger partial charge in [-0.15, -0.1) is 0 Å². The zero-order chi connectivity index (χ0) is 12.4. The molecule has 1 fully saturated rings. The molecule has 1 aromatic rings. The molecule has 1 saturated heterocycles. The minimum Gasteiger partial charge on any atom is -0.338 e. The van der Waals surface area contributed by atoms with Crippen molar-refractivity contribution in [3.63, 3.8) is 0 Å². The first-order valence-electron chi connectivity index (χ1n) is 6.19. The number of likely N-dealkylation sites (tertiary alicyclic amines) is 1. The average molecular weight is 232 g/mol. The summed E-state index contributed by atoms with van der Waals surface area (Å²) in [5.74, 6) is 0.516. The molecule has 0 spiro atoms. The number of carbonyl (C=O) groups is 1. The highest BCUT2D eigenvalue weighted by Gasteiger charge is 2.26. The summed E-state index contributed by atoms with van der Waals surface area (Å²) in [6, 6.07) is 7.99. The van der Waals surface area contributed by atoms with Gasteiger partial charge in [-0.05, 0) is 31.4 Å². The van der Waals surface area contributed by atoms with Crippen molar-refractivity contribution >= 4 is 5.91 Å². The summed E-state index contributed by atoms with van der Waals surface area (Å²) in [6.07, 6.45) is 0.902. The molecule has 2 atom stereocenters. The van der Waals surface area contributed by atoms with Gasteiger partial charge in [-0.3, -0.25) is 4.79 Å². The minimum atomic E-state index is 0.128. The number of nitrogens with two attached hydrogens (primary N) is 1. The molecular weight excluding hydrogens is 212 g/mol. The Morgan fingerprint density at radius 2 is 2.00 bits per heavy atom. The predicted molar refractivity (Wildman–Crippen MR) is 68.8 cm³/mol. The molecular formula is C14H20N2O. The Bertz CT molecular complexity index is 399. The lowest BCUT2D eigenvalue weighted by Gasteiger charge is -2.35. The van der Waals surface area contributed by atoms with Gasteiger partial charge < -0.3 is 10.6 Å². The van der Waals surface area contributed by atoms with Crippen LogP contribution in [0.4, 0.5) is 0 Å². The zero-order valence-corrected chi connectivity index (χ0v) is 10.5. The third-order valence-corrected chi connectivity index (χ3v) is 3.56. The van der Waals surface area contributed by atoms with E-state index in [1.54, 1.807) is 0 Å². The van der Waals surface area contributed by atoms with Gasteiger partial charge in [0.05, 0.1) is 0 Å². The first-order valence-corrected chi connectivity index (χ1v) is 6.19. The second-order valence-electron chi connectivity index (χ2n) is 5.05. The highest BCUT2D eigenvalue weighted by atomic mass is 16.2. The maximum Gasteiger partial charge on any atom is 0.253 e. The van der Waals surface area contributed by atoms with Crippen molar-refractivity contribution in [2.24, 2.45) is 11.7 Å². The van der Waals surface area contributed by atoms with Crippen LogP contribution >= 0.6 is 0 Å². The fraction of sp³-hybridized carbons (Fsp3) is 0.500. The molecule has 0 bridgehead atoms. The Hall–Kier alpha value is -1.35. The van der Waals surface area contributed by atoms with Gasteiger partial charge in [0.25, 0.3) is 5.91 Å². The van der Waals surface area contributed by atoms with Crippen molar-refractivity contribution in [2.45, 2.75) is 26.3 Å². The summed E-state index contributed by atoms with van der Waals surface area (Å²) < 4.78 is 0. The molecule has 2 unspecified atom stereocenters. The lowest BCUT2D eigenvalue weighted by Crippen LogP contribution is -2.48. The lowest BCUT2D eigenvalue weighted by atomic mass is 9.94. The van der Waals surface area contributed by atoms with Gasteiger partial charge in [0, 0.05) is 24.7 Å². The maximum absolute atomic E-state index is 12.2. The molecule has 3 heteroatoms. The van der Waals surface area contributed by atoms with Crippen LogP contribution in [0.1, 0.15) is 29.3 Å². The van der Waals surface area contributed by atoms with Crippen LogP contribution in [0.15, 0.2) is 24.3 Å². The van der Waals surface area contributed by atoms with Crippen molar-refractivity contribution in [1.82, 2.24) is 4.90 Å². The Morgan fingerprint density at radius 1 is 1.35 bits per heavy atom. The summed E-state index contributed by atoms with van der Waals surface area (Å²) in [6.45, 7) is 5.68. The van der Waals surface area contributed by atoms with Gasteiger partial charge in [0.2, 0.25) is 0 Å². The Kier molecular flexibility index (Phi) is 3.48. The van der Waals surface area contributed by atoms with Crippen LogP contribution in [0, 0.1) is 12.8 Å². The Labute approximate surface area is 103 Å². The average Bonchev–Trinajstić information content (AvgIpc) is 2.33. The maximum atomic E-state index is 12.2. The number of piperidine rings is 1. The van der Waals surface area contributed by atoms with E-state index >= 15 is 0 Å². The van der Waals surface area contributed by atoms with E-state index in [-0.39, 0.29) is 11.9 Å². The molecule has 0 radical (unpaired) electrons. The van der Waals surface area contributed by atoms with Crippen LogP contribution in [0.3, 0.4) is 0 Å². The molecule has 1 aliphatic heterocycles. The topological polar surface area (TPSA) is 46.3 Å². The molecule has 2 rings (SSSR count). The number of rotatable bonds is 1. The van der Waals surface area contributed by atoms with E-state index in [9.17, 15) is 4.79 Å². The third kappa shape index (κ3) is 2.67. The summed E-state index contributed by atoms with van der Waals surface area (Å²) >= 11 is 0. The van der Waals surface area contributed by atoms with E-state index in [0.717, 1.165) is 25.1 Å². The number of carbonyl (C=O) groups excluding carboxylic acids is 1. The fourth-order valence-electron chi connectivity index (χ4n) is 2.23. The largest absolute Gasteiger partial charge is 0.338 e. The van der Waals surface area contributed by atoms with E-state index in [1.807, 2.05) is 36.1 Å².